The number of hydrogen-bond acceptors (Lipinski definition) is 3. The molecule has 84 valence electrons. The smallest absolute Gasteiger partial charge is 0.0701 e. The molecule has 0 aliphatic heterocycles. The van der Waals surface area contributed by atoms with Crippen LogP contribution in [0.3, 0.4) is 0 Å². The van der Waals surface area contributed by atoms with Gasteiger partial charge in [-0.05, 0) is 47.8 Å². The molecular formula is C11H16BrNOS. The summed E-state index contributed by atoms with van der Waals surface area (Å²) in [5.74, 6) is 0. The summed E-state index contributed by atoms with van der Waals surface area (Å²) in [5, 5.41) is 3.62. The van der Waals surface area contributed by atoms with Crippen LogP contribution in [0.1, 0.15) is 30.7 Å². The molecule has 0 amide bonds. The van der Waals surface area contributed by atoms with Gasteiger partial charge in [0.15, 0.2) is 0 Å². The lowest BCUT2D eigenvalue weighted by atomic mass is 9.88. The van der Waals surface area contributed by atoms with E-state index in [4.69, 9.17) is 4.74 Å². The average Bonchev–Trinajstić information content (AvgIpc) is 2.57. The molecule has 1 saturated carbocycles. The minimum absolute atomic E-state index is 0.448. The lowest BCUT2D eigenvalue weighted by Crippen LogP contribution is -2.45. The van der Waals surface area contributed by atoms with Crippen LogP contribution in [-0.4, -0.2) is 19.3 Å². The molecule has 1 aliphatic rings. The van der Waals surface area contributed by atoms with E-state index in [2.05, 4.69) is 40.3 Å². The van der Waals surface area contributed by atoms with E-state index in [-0.39, 0.29) is 0 Å². The van der Waals surface area contributed by atoms with Crippen molar-refractivity contribution in [3.05, 3.63) is 20.8 Å². The molecule has 1 fully saturated rings. The van der Waals surface area contributed by atoms with Crippen LogP contribution in [0.4, 0.5) is 0 Å². The van der Waals surface area contributed by atoms with Gasteiger partial charge < -0.3 is 10.1 Å². The van der Waals surface area contributed by atoms with Gasteiger partial charge in [0.1, 0.15) is 0 Å². The Morgan fingerprint density at radius 1 is 1.53 bits per heavy atom. The van der Waals surface area contributed by atoms with Gasteiger partial charge in [-0.3, -0.25) is 0 Å². The summed E-state index contributed by atoms with van der Waals surface area (Å²) in [6.45, 7) is 2.22. The Bertz CT molecular complexity index is 322. The van der Waals surface area contributed by atoms with Crippen molar-refractivity contribution in [1.82, 2.24) is 5.32 Å². The highest BCUT2D eigenvalue weighted by molar-refractivity contribution is 9.11. The summed E-state index contributed by atoms with van der Waals surface area (Å²) in [4.78, 5) is 1.39. The average molecular weight is 290 g/mol. The van der Waals surface area contributed by atoms with Gasteiger partial charge in [0.25, 0.3) is 0 Å². The van der Waals surface area contributed by atoms with Gasteiger partial charge in [0, 0.05) is 24.1 Å². The molecule has 0 bridgehead atoms. The van der Waals surface area contributed by atoms with Gasteiger partial charge >= 0.3 is 0 Å². The zero-order valence-electron chi connectivity index (χ0n) is 9.00. The number of thiophene rings is 1. The molecule has 15 heavy (non-hydrogen) atoms. The molecule has 1 heterocycles. The maximum Gasteiger partial charge on any atom is 0.0701 e. The molecule has 1 aromatic rings. The van der Waals surface area contributed by atoms with Crippen molar-refractivity contribution in [2.75, 3.05) is 7.11 Å². The monoisotopic (exact) mass is 289 g/mol. The molecule has 0 aromatic carbocycles. The van der Waals surface area contributed by atoms with Crippen LogP contribution < -0.4 is 5.32 Å². The largest absolute Gasteiger partial charge is 0.381 e. The molecule has 1 N–H and O–H groups in total. The van der Waals surface area contributed by atoms with Crippen molar-refractivity contribution >= 4 is 27.3 Å². The summed E-state index contributed by atoms with van der Waals surface area (Å²) in [5.41, 5.74) is 0. The summed E-state index contributed by atoms with van der Waals surface area (Å²) in [6.07, 6.45) is 2.77. The van der Waals surface area contributed by atoms with Crippen LogP contribution in [0, 0.1) is 0 Å². The lowest BCUT2D eigenvalue weighted by Gasteiger charge is -2.36. The summed E-state index contributed by atoms with van der Waals surface area (Å²) >= 11 is 5.29. The maximum atomic E-state index is 5.26. The van der Waals surface area contributed by atoms with E-state index in [0.717, 1.165) is 12.8 Å². The predicted molar refractivity (Wildman–Crippen MR) is 67.4 cm³/mol. The Labute approximate surface area is 103 Å². The first-order valence-electron chi connectivity index (χ1n) is 5.23. The fraction of sp³-hybridized carbons (Fsp3) is 0.636. The first kappa shape index (κ1) is 11.6. The summed E-state index contributed by atoms with van der Waals surface area (Å²) in [7, 11) is 1.79. The van der Waals surface area contributed by atoms with Crippen molar-refractivity contribution in [2.45, 2.75) is 38.0 Å². The highest BCUT2D eigenvalue weighted by atomic mass is 79.9. The van der Waals surface area contributed by atoms with Crippen LogP contribution in [0.25, 0.3) is 0 Å². The van der Waals surface area contributed by atoms with Gasteiger partial charge in [-0.15, -0.1) is 11.3 Å². The molecule has 4 heteroatoms. The third-order valence-corrected chi connectivity index (χ3v) is 4.74. The van der Waals surface area contributed by atoms with E-state index < -0.39 is 0 Å². The van der Waals surface area contributed by atoms with Crippen LogP contribution in [0.5, 0.6) is 0 Å². The Morgan fingerprint density at radius 3 is 2.80 bits per heavy atom. The Morgan fingerprint density at radius 2 is 2.27 bits per heavy atom. The highest BCUT2D eigenvalue weighted by Gasteiger charge is 2.29. The van der Waals surface area contributed by atoms with Crippen molar-refractivity contribution in [3.63, 3.8) is 0 Å². The zero-order valence-corrected chi connectivity index (χ0v) is 11.4. The molecule has 2 nitrogen and oxygen atoms in total. The topological polar surface area (TPSA) is 21.3 Å². The number of methoxy groups -OCH3 is 1. The SMILES string of the molecule is COC1CC(NC(C)c2ccc(Br)s2)C1. The highest BCUT2D eigenvalue weighted by Crippen LogP contribution is 2.30. The standard InChI is InChI=1S/C11H16BrNOS/c1-7(10-3-4-11(12)15-10)13-8-5-9(6-8)14-2/h3-4,7-9,13H,5-6H2,1-2H3. The van der Waals surface area contributed by atoms with Gasteiger partial charge in [-0.1, -0.05) is 0 Å². The van der Waals surface area contributed by atoms with Gasteiger partial charge in [-0.2, -0.15) is 0 Å². The Balaban J connectivity index is 1.81. The molecule has 0 radical (unpaired) electrons. The molecule has 2 rings (SSSR count). The number of nitrogens with one attached hydrogen (secondary N) is 1. The van der Waals surface area contributed by atoms with Crippen molar-refractivity contribution < 1.29 is 4.74 Å². The number of halogens is 1. The van der Waals surface area contributed by atoms with Crippen LogP contribution in [0.15, 0.2) is 15.9 Å². The predicted octanol–water partition coefficient (Wildman–Crippen LogP) is 3.34. The molecule has 0 saturated heterocycles. The molecule has 1 aromatic heterocycles. The third-order valence-electron chi connectivity index (χ3n) is 2.93. The quantitative estimate of drug-likeness (QED) is 0.918. The minimum Gasteiger partial charge on any atom is -0.381 e. The van der Waals surface area contributed by atoms with Crippen LogP contribution >= 0.6 is 27.3 Å². The number of hydrogen-bond donors (Lipinski definition) is 1. The van der Waals surface area contributed by atoms with Crippen LogP contribution in [-0.2, 0) is 4.74 Å². The molecular weight excluding hydrogens is 274 g/mol. The second kappa shape index (κ2) is 4.95. The maximum absolute atomic E-state index is 5.26. The zero-order chi connectivity index (χ0) is 10.8. The van der Waals surface area contributed by atoms with E-state index in [1.807, 2.05) is 0 Å². The molecule has 1 atom stereocenters. The second-order valence-corrected chi connectivity index (χ2v) is 6.55. The number of ether oxygens (including phenoxy) is 1. The molecule has 0 spiro atoms. The van der Waals surface area contributed by atoms with Gasteiger partial charge in [0.05, 0.1) is 9.89 Å². The van der Waals surface area contributed by atoms with E-state index >= 15 is 0 Å². The number of rotatable bonds is 4. The first-order valence-corrected chi connectivity index (χ1v) is 6.84. The molecule has 1 aliphatic carbocycles. The van der Waals surface area contributed by atoms with E-state index in [1.54, 1.807) is 18.4 Å². The van der Waals surface area contributed by atoms with Crippen molar-refractivity contribution in [2.24, 2.45) is 0 Å². The lowest BCUT2D eigenvalue weighted by molar-refractivity contribution is 0.0148. The normalized spacial score (nSPS) is 27.4. The van der Waals surface area contributed by atoms with Crippen molar-refractivity contribution in [3.8, 4) is 0 Å². The Kier molecular flexibility index (Phi) is 3.83. The summed E-state index contributed by atoms with van der Waals surface area (Å²) in [6, 6.07) is 5.37. The fourth-order valence-corrected chi connectivity index (χ4v) is 3.33. The van der Waals surface area contributed by atoms with Gasteiger partial charge in [0.2, 0.25) is 0 Å². The van der Waals surface area contributed by atoms with Crippen molar-refractivity contribution in [1.29, 1.82) is 0 Å². The Hall–Kier alpha value is 0.1000. The van der Waals surface area contributed by atoms with Gasteiger partial charge in [-0.25, -0.2) is 0 Å². The minimum atomic E-state index is 0.448. The van der Waals surface area contributed by atoms with E-state index in [9.17, 15) is 0 Å². The molecule has 1 unspecified atom stereocenters. The third kappa shape index (κ3) is 2.81. The second-order valence-electron chi connectivity index (χ2n) is 4.06. The van der Waals surface area contributed by atoms with E-state index in [0.29, 0.717) is 18.2 Å². The van der Waals surface area contributed by atoms with Crippen LogP contribution in [0.2, 0.25) is 0 Å². The fourth-order valence-electron chi connectivity index (χ4n) is 1.89. The van der Waals surface area contributed by atoms with E-state index in [1.165, 1.54) is 8.66 Å². The summed E-state index contributed by atoms with van der Waals surface area (Å²) < 4.78 is 6.47. The first-order chi connectivity index (χ1) is 7.19.